The Morgan fingerprint density at radius 3 is 2.00 bits per heavy atom. The third kappa shape index (κ3) is 17.1. The SMILES string of the molecule is C=CC(=O)NC[N+](C)(C)CCC.C=CC(N)=O.[Cl-]. The number of carbonyl (C=O) groups is 2. The number of nitrogens with zero attached hydrogens (tertiary/aromatic N) is 1. The van der Waals surface area contributed by atoms with Gasteiger partial charge in [-0.25, -0.2) is 0 Å². The maximum atomic E-state index is 10.8. The monoisotopic (exact) mass is 277 g/mol. The molecule has 0 rings (SSSR count). The molecule has 6 heteroatoms. The van der Waals surface area contributed by atoms with E-state index in [0.717, 1.165) is 23.5 Å². The summed E-state index contributed by atoms with van der Waals surface area (Å²) >= 11 is 0. The van der Waals surface area contributed by atoms with Crippen molar-refractivity contribution < 1.29 is 26.5 Å². The van der Waals surface area contributed by atoms with E-state index in [0.29, 0.717) is 6.67 Å². The molecule has 0 aliphatic carbocycles. The summed E-state index contributed by atoms with van der Waals surface area (Å²) < 4.78 is 0.816. The Morgan fingerprint density at radius 2 is 1.72 bits per heavy atom. The Balaban J connectivity index is -0.000000321. The largest absolute Gasteiger partial charge is 1.00 e. The molecular formula is C12H24ClN3O2. The molecule has 5 nitrogen and oxygen atoms in total. The summed E-state index contributed by atoms with van der Waals surface area (Å²) in [6.45, 7) is 10.3. The molecule has 0 aromatic carbocycles. The van der Waals surface area contributed by atoms with E-state index < -0.39 is 5.91 Å². The van der Waals surface area contributed by atoms with Crippen LogP contribution in [-0.2, 0) is 9.59 Å². The highest BCUT2D eigenvalue weighted by Crippen LogP contribution is 1.95. The van der Waals surface area contributed by atoms with Crippen LogP contribution in [-0.4, -0.2) is 43.6 Å². The quantitative estimate of drug-likeness (QED) is 0.317. The Labute approximate surface area is 116 Å². The molecule has 0 fully saturated rings. The van der Waals surface area contributed by atoms with Gasteiger partial charge in [-0.05, 0) is 18.6 Å². The van der Waals surface area contributed by atoms with Gasteiger partial charge in [-0.1, -0.05) is 20.1 Å². The highest BCUT2D eigenvalue weighted by Gasteiger charge is 2.12. The second-order valence-electron chi connectivity index (χ2n) is 4.17. The molecule has 106 valence electrons. The first kappa shape index (κ1) is 21.9. The summed E-state index contributed by atoms with van der Waals surface area (Å²) in [4.78, 5) is 20.3. The fraction of sp³-hybridized carbons (Fsp3) is 0.500. The van der Waals surface area contributed by atoms with Crippen LogP contribution in [0, 0.1) is 0 Å². The molecule has 0 aliphatic heterocycles. The van der Waals surface area contributed by atoms with Gasteiger partial charge in [0.25, 0.3) is 0 Å². The van der Waals surface area contributed by atoms with Gasteiger partial charge in [0.15, 0.2) is 6.67 Å². The molecule has 0 heterocycles. The lowest BCUT2D eigenvalue weighted by Crippen LogP contribution is -3.00. The van der Waals surface area contributed by atoms with Crippen molar-refractivity contribution in [3.8, 4) is 0 Å². The number of nitrogens with two attached hydrogens (primary N) is 1. The van der Waals surface area contributed by atoms with Crippen molar-refractivity contribution >= 4 is 11.8 Å². The van der Waals surface area contributed by atoms with Crippen LogP contribution in [0.2, 0.25) is 0 Å². The van der Waals surface area contributed by atoms with Crippen molar-refractivity contribution in [3.63, 3.8) is 0 Å². The molecule has 0 spiro atoms. The zero-order valence-corrected chi connectivity index (χ0v) is 12.2. The van der Waals surface area contributed by atoms with Gasteiger partial charge in [-0.3, -0.25) is 9.59 Å². The number of hydrogen-bond acceptors (Lipinski definition) is 2. The van der Waals surface area contributed by atoms with Crippen LogP contribution in [0.1, 0.15) is 13.3 Å². The number of hydrogen-bond donors (Lipinski definition) is 2. The number of carbonyl (C=O) groups excluding carboxylic acids is 2. The molecule has 3 N–H and O–H groups in total. The first-order valence-electron chi connectivity index (χ1n) is 5.43. The van der Waals surface area contributed by atoms with Crippen molar-refractivity contribution in [1.29, 1.82) is 0 Å². The zero-order valence-electron chi connectivity index (χ0n) is 11.4. The highest BCUT2D eigenvalue weighted by molar-refractivity contribution is 5.86. The fourth-order valence-corrected chi connectivity index (χ4v) is 1.05. The third-order valence-electron chi connectivity index (χ3n) is 1.90. The van der Waals surface area contributed by atoms with Crippen LogP contribution in [0.3, 0.4) is 0 Å². The molecule has 18 heavy (non-hydrogen) atoms. The molecule has 0 saturated heterocycles. The van der Waals surface area contributed by atoms with Gasteiger partial charge in [0.2, 0.25) is 11.8 Å². The van der Waals surface area contributed by atoms with Crippen molar-refractivity contribution in [2.24, 2.45) is 5.73 Å². The first-order valence-corrected chi connectivity index (χ1v) is 5.43. The molecule has 2 amide bonds. The Kier molecular flexibility index (Phi) is 14.8. The standard InChI is InChI=1S/C9H18N2O.C3H5NO.ClH/c1-5-7-11(3,4)8-10-9(12)6-2;1-2-3(4)5;/h6H,2,5,7-8H2,1,3-4H3;2H,1H2,(H2,4,5);1H. The molecule has 0 aromatic rings. The summed E-state index contributed by atoms with van der Waals surface area (Å²) in [7, 11) is 4.18. The van der Waals surface area contributed by atoms with E-state index in [2.05, 4.69) is 45.2 Å². The molecule has 0 unspecified atom stereocenters. The van der Waals surface area contributed by atoms with Gasteiger partial charge in [-0.15, -0.1) is 0 Å². The van der Waals surface area contributed by atoms with Gasteiger partial charge in [-0.2, -0.15) is 0 Å². The highest BCUT2D eigenvalue weighted by atomic mass is 35.5. The predicted molar refractivity (Wildman–Crippen MR) is 69.9 cm³/mol. The van der Waals surface area contributed by atoms with E-state index in [-0.39, 0.29) is 18.3 Å². The zero-order chi connectivity index (χ0) is 13.9. The van der Waals surface area contributed by atoms with E-state index in [4.69, 9.17) is 0 Å². The summed E-state index contributed by atoms with van der Waals surface area (Å²) in [6.07, 6.45) is 3.48. The van der Waals surface area contributed by atoms with Crippen molar-refractivity contribution in [2.75, 3.05) is 27.3 Å². The minimum atomic E-state index is -0.481. The van der Waals surface area contributed by atoms with Crippen LogP contribution in [0.15, 0.2) is 25.3 Å². The summed E-state index contributed by atoms with van der Waals surface area (Å²) in [5.74, 6) is -0.581. The third-order valence-corrected chi connectivity index (χ3v) is 1.90. The maximum Gasteiger partial charge on any atom is 0.247 e. The van der Waals surface area contributed by atoms with Crippen molar-refractivity contribution in [2.45, 2.75) is 13.3 Å². The summed E-state index contributed by atoms with van der Waals surface area (Å²) in [5, 5.41) is 2.77. The second-order valence-corrected chi connectivity index (χ2v) is 4.17. The predicted octanol–water partition coefficient (Wildman–Crippen LogP) is -2.61. The van der Waals surface area contributed by atoms with Gasteiger partial charge >= 0.3 is 0 Å². The van der Waals surface area contributed by atoms with Gasteiger partial charge < -0.3 is 27.9 Å². The minimum absolute atomic E-state index is 0. The average Bonchev–Trinajstić information content (AvgIpc) is 2.26. The normalized spacial score (nSPS) is 9.06. The molecule has 0 aliphatic rings. The number of rotatable bonds is 6. The molecule has 0 bridgehead atoms. The average molecular weight is 278 g/mol. The van der Waals surface area contributed by atoms with Crippen LogP contribution < -0.4 is 23.5 Å². The fourth-order valence-electron chi connectivity index (χ4n) is 1.05. The number of primary amides is 1. The Bertz CT molecular complexity index is 278. The molecule has 0 aromatic heterocycles. The van der Waals surface area contributed by atoms with Gasteiger partial charge in [0.05, 0.1) is 20.6 Å². The van der Waals surface area contributed by atoms with Gasteiger partial charge in [0, 0.05) is 0 Å². The summed E-state index contributed by atoms with van der Waals surface area (Å²) in [5.41, 5.74) is 4.53. The molecular weight excluding hydrogens is 254 g/mol. The van der Waals surface area contributed by atoms with Crippen LogP contribution in [0.25, 0.3) is 0 Å². The summed E-state index contributed by atoms with van der Waals surface area (Å²) in [6, 6.07) is 0. The van der Waals surface area contributed by atoms with E-state index >= 15 is 0 Å². The maximum absolute atomic E-state index is 10.8. The van der Waals surface area contributed by atoms with E-state index in [9.17, 15) is 9.59 Å². The number of quaternary nitrogens is 1. The van der Waals surface area contributed by atoms with Crippen LogP contribution >= 0.6 is 0 Å². The molecule has 0 saturated carbocycles. The number of nitrogens with one attached hydrogen (secondary N) is 1. The molecule has 0 atom stereocenters. The Morgan fingerprint density at radius 1 is 1.28 bits per heavy atom. The number of amides is 2. The topological polar surface area (TPSA) is 72.2 Å². The van der Waals surface area contributed by atoms with Gasteiger partial charge in [0.1, 0.15) is 0 Å². The van der Waals surface area contributed by atoms with E-state index in [1.807, 2.05) is 0 Å². The van der Waals surface area contributed by atoms with Crippen LogP contribution in [0.5, 0.6) is 0 Å². The van der Waals surface area contributed by atoms with E-state index in [1.54, 1.807) is 0 Å². The number of halogens is 1. The lowest BCUT2D eigenvalue weighted by Gasteiger charge is -2.28. The lowest BCUT2D eigenvalue weighted by atomic mass is 10.4. The first-order chi connectivity index (χ1) is 7.79. The van der Waals surface area contributed by atoms with Crippen LogP contribution in [0.4, 0.5) is 0 Å². The second kappa shape index (κ2) is 12.1. The van der Waals surface area contributed by atoms with E-state index in [1.165, 1.54) is 6.08 Å². The van der Waals surface area contributed by atoms with Crippen molar-refractivity contribution in [1.82, 2.24) is 5.32 Å². The smallest absolute Gasteiger partial charge is 0.247 e. The minimum Gasteiger partial charge on any atom is -1.00 e. The van der Waals surface area contributed by atoms with Crippen molar-refractivity contribution in [3.05, 3.63) is 25.3 Å². The molecule has 0 radical (unpaired) electrons. The lowest BCUT2D eigenvalue weighted by molar-refractivity contribution is -0.892. The Hall–Kier alpha value is -1.33.